The lowest BCUT2D eigenvalue weighted by molar-refractivity contribution is -0.138. The predicted molar refractivity (Wildman–Crippen MR) is 111 cm³/mol. The molecule has 2 unspecified atom stereocenters. The lowest BCUT2D eigenvalue weighted by Gasteiger charge is -2.45. The zero-order valence-corrected chi connectivity index (χ0v) is 16.9. The summed E-state index contributed by atoms with van der Waals surface area (Å²) in [5, 5.41) is 1.37. The number of likely N-dealkylation sites (tertiary alicyclic amines) is 1. The van der Waals surface area contributed by atoms with Crippen LogP contribution in [0.2, 0.25) is 10.0 Å². The summed E-state index contributed by atoms with van der Waals surface area (Å²) in [6, 6.07) is 15.8. The minimum absolute atomic E-state index is 0.219. The van der Waals surface area contributed by atoms with Crippen LogP contribution < -0.4 is 0 Å². The summed E-state index contributed by atoms with van der Waals surface area (Å²) in [4.78, 5) is 16.0. The number of rotatable bonds is 3. The van der Waals surface area contributed by atoms with Crippen LogP contribution in [0.25, 0.3) is 0 Å². The van der Waals surface area contributed by atoms with Crippen molar-refractivity contribution in [2.24, 2.45) is 5.92 Å². The van der Waals surface area contributed by atoms with Gasteiger partial charge in [-0.15, -0.1) is 0 Å². The van der Waals surface area contributed by atoms with Gasteiger partial charge in [-0.2, -0.15) is 0 Å². The lowest BCUT2D eigenvalue weighted by atomic mass is 9.77. The normalized spacial score (nSPS) is 22.6. The number of piperidine rings is 1. The molecule has 2 aromatic rings. The molecule has 0 spiro atoms. The maximum absolute atomic E-state index is 13.8. The van der Waals surface area contributed by atoms with E-state index in [1.807, 2.05) is 48.5 Å². The first-order valence-electron chi connectivity index (χ1n) is 9.95. The number of carbonyl (C=O) groups is 1. The highest BCUT2D eigenvalue weighted by molar-refractivity contribution is 6.30. The number of carbonyl (C=O) groups excluding carboxylic acids is 1. The molecule has 1 saturated heterocycles. The molecule has 1 aliphatic heterocycles. The molecule has 1 saturated carbocycles. The Balaban J connectivity index is 1.69. The van der Waals surface area contributed by atoms with Gasteiger partial charge in [0.05, 0.1) is 5.92 Å². The minimum Gasteiger partial charge on any atom is -0.339 e. The Labute approximate surface area is 171 Å². The summed E-state index contributed by atoms with van der Waals surface area (Å²) >= 11 is 12.2. The van der Waals surface area contributed by atoms with Gasteiger partial charge in [-0.3, -0.25) is 4.79 Å². The summed E-state index contributed by atoms with van der Waals surface area (Å²) in [6.07, 6.45) is 7.33. The smallest absolute Gasteiger partial charge is 0.234 e. The Morgan fingerprint density at radius 2 is 1.33 bits per heavy atom. The van der Waals surface area contributed by atoms with Crippen molar-refractivity contribution >= 4 is 29.1 Å². The summed E-state index contributed by atoms with van der Waals surface area (Å²) in [5.74, 6) is 0.587. The maximum Gasteiger partial charge on any atom is 0.234 e. The van der Waals surface area contributed by atoms with Crippen molar-refractivity contribution in [2.45, 2.75) is 50.5 Å². The number of hydrogen-bond donors (Lipinski definition) is 0. The first kappa shape index (κ1) is 18.8. The number of nitrogens with zero attached hydrogens (tertiary/aromatic N) is 1. The summed E-state index contributed by atoms with van der Waals surface area (Å²) < 4.78 is 0. The van der Waals surface area contributed by atoms with Gasteiger partial charge in [0.2, 0.25) is 5.91 Å². The standard InChI is InChI=1S/C23H25Cl2NO/c24-19-11-7-17(8-12-19)22(18-9-13-20(25)14-10-18)23(27)26-15-3-5-16-4-1-2-6-21(16)26/h7-14,16,21-22H,1-6,15H2. The van der Waals surface area contributed by atoms with Gasteiger partial charge >= 0.3 is 0 Å². The van der Waals surface area contributed by atoms with Crippen molar-refractivity contribution in [3.05, 3.63) is 69.7 Å². The van der Waals surface area contributed by atoms with Crippen molar-refractivity contribution in [1.29, 1.82) is 0 Å². The number of hydrogen-bond acceptors (Lipinski definition) is 1. The predicted octanol–water partition coefficient (Wildman–Crippen LogP) is 6.31. The van der Waals surface area contributed by atoms with E-state index in [-0.39, 0.29) is 11.8 Å². The SMILES string of the molecule is O=C(C(c1ccc(Cl)cc1)c1ccc(Cl)cc1)N1CCCC2CCCCC21. The topological polar surface area (TPSA) is 20.3 Å². The van der Waals surface area contributed by atoms with E-state index in [1.165, 1.54) is 25.7 Å². The summed E-state index contributed by atoms with van der Waals surface area (Å²) in [7, 11) is 0. The van der Waals surface area contributed by atoms with Crippen LogP contribution in [-0.2, 0) is 4.79 Å². The Morgan fingerprint density at radius 3 is 1.93 bits per heavy atom. The summed E-state index contributed by atoms with van der Waals surface area (Å²) in [5.41, 5.74) is 1.98. The molecule has 1 heterocycles. The number of amides is 1. The largest absolute Gasteiger partial charge is 0.339 e. The highest BCUT2D eigenvalue weighted by Gasteiger charge is 2.38. The quantitative estimate of drug-likeness (QED) is 0.589. The van der Waals surface area contributed by atoms with E-state index in [4.69, 9.17) is 23.2 Å². The molecule has 2 nitrogen and oxygen atoms in total. The van der Waals surface area contributed by atoms with E-state index in [1.54, 1.807) is 0 Å². The van der Waals surface area contributed by atoms with Crippen LogP contribution >= 0.6 is 23.2 Å². The van der Waals surface area contributed by atoms with Crippen LogP contribution in [0.4, 0.5) is 0 Å². The second kappa shape index (κ2) is 8.24. The average molecular weight is 402 g/mol. The monoisotopic (exact) mass is 401 g/mol. The van der Waals surface area contributed by atoms with Crippen LogP contribution in [0.1, 0.15) is 55.6 Å². The van der Waals surface area contributed by atoms with Crippen molar-refractivity contribution in [3.63, 3.8) is 0 Å². The molecule has 1 amide bonds. The van der Waals surface area contributed by atoms with Gasteiger partial charge in [0, 0.05) is 22.6 Å². The number of fused-ring (bicyclic) bond motifs is 1. The van der Waals surface area contributed by atoms with Crippen LogP contribution in [0.3, 0.4) is 0 Å². The Morgan fingerprint density at radius 1 is 0.815 bits per heavy atom. The third kappa shape index (κ3) is 4.02. The van der Waals surface area contributed by atoms with E-state index in [0.29, 0.717) is 22.0 Å². The molecule has 0 N–H and O–H groups in total. The van der Waals surface area contributed by atoms with Gasteiger partial charge in [-0.25, -0.2) is 0 Å². The fourth-order valence-electron chi connectivity index (χ4n) is 4.85. The van der Waals surface area contributed by atoms with Crippen molar-refractivity contribution in [1.82, 2.24) is 4.90 Å². The van der Waals surface area contributed by atoms with Crippen LogP contribution in [0.5, 0.6) is 0 Å². The van der Waals surface area contributed by atoms with Gasteiger partial charge in [0.15, 0.2) is 0 Å². The fraction of sp³-hybridized carbons (Fsp3) is 0.435. The van der Waals surface area contributed by atoms with E-state index in [2.05, 4.69) is 4.90 Å². The molecule has 2 aliphatic rings. The Bertz CT molecular complexity index is 740. The highest BCUT2D eigenvalue weighted by Crippen LogP contribution is 2.38. The van der Waals surface area contributed by atoms with E-state index in [0.717, 1.165) is 30.5 Å². The molecule has 1 aliphatic carbocycles. The number of benzene rings is 2. The zero-order valence-electron chi connectivity index (χ0n) is 15.4. The molecule has 2 atom stereocenters. The second-order valence-corrected chi connectivity index (χ2v) is 8.69. The molecule has 142 valence electrons. The Hall–Kier alpha value is -1.51. The molecule has 4 rings (SSSR count). The van der Waals surface area contributed by atoms with Gasteiger partial charge in [-0.05, 0) is 67.0 Å². The zero-order chi connectivity index (χ0) is 18.8. The summed E-state index contributed by atoms with van der Waals surface area (Å²) in [6.45, 7) is 0.873. The molecule has 27 heavy (non-hydrogen) atoms. The van der Waals surface area contributed by atoms with E-state index < -0.39 is 0 Å². The van der Waals surface area contributed by atoms with E-state index >= 15 is 0 Å². The van der Waals surface area contributed by atoms with E-state index in [9.17, 15) is 4.79 Å². The third-order valence-electron chi connectivity index (χ3n) is 6.18. The molecular formula is C23H25Cl2NO. The number of halogens is 2. The highest BCUT2D eigenvalue weighted by atomic mass is 35.5. The van der Waals surface area contributed by atoms with Gasteiger partial charge in [0.25, 0.3) is 0 Å². The molecule has 2 fully saturated rings. The first-order valence-corrected chi connectivity index (χ1v) is 10.7. The van der Waals surface area contributed by atoms with Crippen molar-refractivity contribution in [2.75, 3.05) is 6.54 Å². The van der Waals surface area contributed by atoms with Crippen molar-refractivity contribution < 1.29 is 4.79 Å². The van der Waals surface area contributed by atoms with Crippen molar-refractivity contribution in [3.8, 4) is 0 Å². The minimum atomic E-state index is -0.305. The van der Waals surface area contributed by atoms with Crippen LogP contribution in [0.15, 0.2) is 48.5 Å². The van der Waals surface area contributed by atoms with Gasteiger partial charge < -0.3 is 4.90 Å². The van der Waals surface area contributed by atoms with Crippen LogP contribution in [-0.4, -0.2) is 23.4 Å². The molecule has 4 heteroatoms. The second-order valence-electron chi connectivity index (χ2n) is 7.82. The lowest BCUT2D eigenvalue weighted by Crippen LogP contribution is -2.51. The first-order chi connectivity index (χ1) is 13.1. The fourth-order valence-corrected chi connectivity index (χ4v) is 5.10. The Kier molecular flexibility index (Phi) is 5.75. The van der Waals surface area contributed by atoms with Gasteiger partial charge in [0.1, 0.15) is 0 Å². The van der Waals surface area contributed by atoms with Gasteiger partial charge in [-0.1, -0.05) is 60.3 Å². The molecule has 2 aromatic carbocycles. The molecular weight excluding hydrogens is 377 g/mol. The maximum atomic E-state index is 13.8. The third-order valence-corrected chi connectivity index (χ3v) is 6.68. The average Bonchev–Trinajstić information content (AvgIpc) is 2.70. The molecule has 0 radical (unpaired) electrons. The molecule has 0 aromatic heterocycles. The molecule has 0 bridgehead atoms. The van der Waals surface area contributed by atoms with Crippen LogP contribution in [0, 0.1) is 5.92 Å².